The Labute approximate surface area is 186 Å². The summed E-state index contributed by atoms with van der Waals surface area (Å²) in [6.07, 6.45) is 2.36. The Bertz CT molecular complexity index is 1470. The lowest BCUT2D eigenvalue weighted by atomic mass is 10.0. The summed E-state index contributed by atoms with van der Waals surface area (Å²) in [4.78, 5) is 24.8. The maximum atomic E-state index is 13.2. The third kappa shape index (κ3) is 3.91. The van der Waals surface area contributed by atoms with Crippen molar-refractivity contribution in [1.29, 1.82) is 0 Å². The van der Waals surface area contributed by atoms with Gasteiger partial charge in [-0.25, -0.2) is 13.8 Å². The topological polar surface area (TPSA) is 118 Å². The van der Waals surface area contributed by atoms with Gasteiger partial charge in [-0.1, -0.05) is 36.4 Å². The van der Waals surface area contributed by atoms with Gasteiger partial charge < -0.3 is 19.9 Å². The molecular formula is C23H20FN5O4. The molecule has 0 aliphatic carbocycles. The molecular weight excluding hydrogens is 429 g/mol. The zero-order chi connectivity index (χ0) is 22.9. The number of nitrogens with zero attached hydrogens (tertiary/aromatic N) is 4. The van der Waals surface area contributed by atoms with Crippen molar-refractivity contribution in [3.05, 3.63) is 77.2 Å². The molecule has 0 aliphatic heterocycles. The first-order valence-electron chi connectivity index (χ1n) is 10.2. The highest BCUT2D eigenvalue weighted by Crippen LogP contribution is 2.25. The van der Waals surface area contributed by atoms with Gasteiger partial charge in [-0.15, -0.1) is 0 Å². The number of aliphatic hydroxyl groups is 2. The molecule has 0 saturated heterocycles. The Kier molecular flexibility index (Phi) is 5.47. The van der Waals surface area contributed by atoms with Gasteiger partial charge in [-0.3, -0.25) is 9.36 Å². The first-order chi connectivity index (χ1) is 16.1. The summed E-state index contributed by atoms with van der Waals surface area (Å²) in [5, 5.41) is 18.3. The molecule has 33 heavy (non-hydrogen) atoms. The Hall–Kier alpha value is -3.86. The van der Waals surface area contributed by atoms with Crippen LogP contribution in [-0.2, 0) is 11.5 Å². The SMILES string of the molecule is O=c1c2ncn(COC(CO)CO)c2nc2[nH]c(-c3ccc(-c4ccc(F)cc4)cc3)cn12. The number of H-pyrrole nitrogens is 1. The van der Waals surface area contributed by atoms with Gasteiger partial charge in [0.05, 0.1) is 25.2 Å². The standard InChI is InChI=1S/C23H20FN5O4/c24-17-7-5-15(6-8-17)14-1-3-16(4-2-14)19-9-29-22(32)20-21(27-23(29)26-19)28(12-25-20)13-33-18(10-30)11-31/h1-9,12,18,30-31H,10-11,13H2,(H,26,27). The average Bonchev–Trinajstić information content (AvgIpc) is 3.46. The van der Waals surface area contributed by atoms with E-state index in [9.17, 15) is 9.18 Å². The maximum Gasteiger partial charge on any atom is 0.287 e. The van der Waals surface area contributed by atoms with Crippen molar-refractivity contribution < 1.29 is 19.3 Å². The fourth-order valence-electron chi connectivity index (χ4n) is 3.57. The molecule has 5 aromatic rings. The minimum atomic E-state index is -0.734. The first-order valence-corrected chi connectivity index (χ1v) is 10.2. The zero-order valence-corrected chi connectivity index (χ0v) is 17.3. The number of fused-ring (bicyclic) bond motifs is 2. The number of ether oxygens (including phenoxy) is 1. The molecule has 0 atom stereocenters. The Balaban J connectivity index is 1.48. The van der Waals surface area contributed by atoms with E-state index in [0.717, 1.165) is 16.7 Å². The predicted molar refractivity (Wildman–Crippen MR) is 119 cm³/mol. The quantitative estimate of drug-likeness (QED) is 0.351. The van der Waals surface area contributed by atoms with Crippen molar-refractivity contribution in [2.45, 2.75) is 12.8 Å². The second-order valence-electron chi connectivity index (χ2n) is 7.53. The highest BCUT2D eigenvalue weighted by Gasteiger charge is 2.15. The molecule has 3 aromatic heterocycles. The number of aliphatic hydroxyl groups excluding tert-OH is 2. The smallest absolute Gasteiger partial charge is 0.287 e. The summed E-state index contributed by atoms with van der Waals surface area (Å²) in [7, 11) is 0. The van der Waals surface area contributed by atoms with E-state index in [4.69, 9.17) is 14.9 Å². The van der Waals surface area contributed by atoms with Crippen LogP contribution in [0.15, 0.2) is 65.8 Å². The number of halogens is 1. The maximum absolute atomic E-state index is 13.2. The van der Waals surface area contributed by atoms with E-state index >= 15 is 0 Å². The van der Waals surface area contributed by atoms with Crippen LogP contribution in [0.5, 0.6) is 0 Å². The van der Waals surface area contributed by atoms with E-state index in [1.807, 2.05) is 24.3 Å². The largest absolute Gasteiger partial charge is 0.394 e. The second kappa shape index (κ2) is 8.58. The number of rotatable bonds is 7. The van der Waals surface area contributed by atoms with Crippen LogP contribution in [0, 0.1) is 5.82 Å². The number of hydrogen-bond donors (Lipinski definition) is 3. The van der Waals surface area contributed by atoms with Crippen LogP contribution in [-0.4, -0.2) is 53.5 Å². The Morgan fingerprint density at radius 3 is 2.30 bits per heavy atom. The zero-order valence-electron chi connectivity index (χ0n) is 17.3. The van der Waals surface area contributed by atoms with Crippen molar-refractivity contribution in [3.8, 4) is 22.4 Å². The van der Waals surface area contributed by atoms with Crippen LogP contribution in [0.3, 0.4) is 0 Å². The lowest BCUT2D eigenvalue weighted by Crippen LogP contribution is -2.23. The Morgan fingerprint density at radius 1 is 1.00 bits per heavy atom. The molecule has 9 nitrogen and oxygen atoms in total. The second-order valence-corrected chi connectivity index (χ2v) is 7.53. The van der Waals surface area contributed by atoms with E-state index in [0.29, 0.717) is 17.1 Å². The normalized spacial score (nSPS) is 11.8. The molecule has 0 radical (unpaired) electrons. The molecule has 0 spiro atoms. The molecule has 168 valence electrons. The average molecular weight is 449 g/mol. The van der Waals surface area contributed by atoms with Gasteiger partial charge in [0.25, 0.3) is 5.56 Å². The molecule has 0 unspecified atom stereocenters. The fourth-order valence-corrected chi connectivity index (χ4v) is 3.57. The highest BCUT2D eigenvalue weighted by atomic mass is 19.1. The highest BCUT2D eigenvalue weighted by molar-refractivity contribution is 5.74. The third-order valence-corrected chi connectivity index (χ3v) is 5.41. The fraction of sp³-hybridized carbons (Fsp3) is 0.174. The van der Waals surface area contributed by atoms with Crippen molar-refractivity contribution in [1.82, 2.24) is 23.9 Å². The van der Waals surface area contributed by atoms with Gasteiger partial charge in [0.2, 0.25) is 5.78 Å². The molecule has 5 rings (SSSR count). The van der Waals surface area contributed by atoms with Crippen molar-refractivity contribution in [3.63, 3.8) is 0 Å². The molecule has 0 aliphatic rings. The summed E-state index contributed by atoms with van der Waals surface area (Å²) >= 11 is 0. The number of aromatic amines is 1. The van der Waals surface area contributed by atoms with Gasteiger partial charge in [-0.05, 0) is 28.8 Å². The van der Waals surface area contributed by atoms with E-state index in [-0.39, 0.29) is 36.8 Å². The van der Waals surface area contributed by atoms with Crippen LogP contribution < -0.4 is 5.56 Å². The molecule has 0 bridgehead atoms. The van der Waals surface area contributed by atoms with Crippen LogP contribution >= 0.6 is 0 Å². The third-order valence-electron chi connectivity index (χ3n) is 5.41. The number of benzene rings is 2. The van der Waals surface area contributed by atoms with E-state index in [1.54, 1.807) is 18.3 Å². The number of aromatic nitrogens is 5. The summed E-state index contributed by atoms with van der Waals surface area (Å²) in [6.45, 7) is -0.684. The molecule has 3 heterocycles. The molecule has 0 saturated carbocycles. The van der Waals surface area contributed by atoms with Gasteiger partial charge in [-0.2, -0.15) is 4.98 Å². The van der Waals surface area contributed by atoms with E-state index in [2.05, 4.69) is 15.0 Å². The molecule has 2 aromatic carbocycles. The monoisotopic (exact) mass is 449 g/mol. The van der Waals surface area contributed by atoms with Crippen LogP contribution in [0.2, 0.25) is 0 Å². The minimum Gasteiger partial charge on any atom is -0.394 e. The van der Waals surface area contributed by atoms with Crippen LogP contribution in [0.4, 0.5) is 4.39 Å². The minimum absolute atomic E-state index is 0.0245. The van der Waals surface area contributed by atoms with Crippen molar-refractivity contribution in [2.24, 2.45) is 0 Å². The van der Waals surface area contributed by atoms with E-state index in [1.165, 1.54) is 27.4 Å². The molecule has 0 amide bonds. The number of imidazole rings is 2. The lowest BCUT2D eigenvalue weighted by Gasteiger charge is -2.12. The van der Waals surface area contributed by atoms with Crippen molar-refractivity contribution in [2.75, 3.05) is 13.2 Å². The van der Waals surface area contributed by atoms with Gasteiger partial charge >= 0.3 is 0 Å². The molecule has 10 heteroatoms. The van der Waals surface area contributed by atoms with E-state index < -0.39 is 6.10 Å². The first kappa shape index (κ1) is 21.0. The van der Waals surface area contributed by atoms with Crippen molar-refractivity contribution >= 4 is 16.9 Å². The molecule has 0 fully saturated rings. The Morgan fingerprint density at radius 2 is 1.64 bits per heavy atom. The predicted octanol–water partition coefficient (Wildman–Crippen LogP) is 2.17. The number of hydrogen-bond acceptors (Lipinski definition) is 6. The summed E-state index contributed by atoms with van der Waals surface area (Å²) in [5.74, 6) is 0.0575. The molecule has 3 N–H and O–H groups in total. The lowest BCUT2D eigenvalue weighted by molar-refractivity contribution is -0.0488. The summed E-state index contributed by atoms with van der Waals surface area (Å²) in [6, 6.07) is 13.9. The van der Waals surface area contributed by atoms with Gasteiger partial charge in [0.15, 0.2) is 11.2 Å². The van der Waals surface area contributed by atoms with Crippen LogP contribution in [0.1, 0.15) is 0 Å². The van der Waals surface area contributed by atoms with Gasteiger partial charge in [0, 0.05) is 6.20 Å². The number of nitrogens with one attached hydrogen (secondary N) is 1. The summed E-state index contributed by atoms with van der Waals surface area (Å²) in [5.41, 5.74) is 3.56. The summed E-state index contributed by atoms with van der Waals surface area (Å²) < 4.78 is 21.5. The van der Waals surface area contributed by atoms with Gasteiger partial charge in [0.1, 0.15) is 18.7 Å². The van der Waals surface area contributed by atoms with Crippen LogP contribution in [0.25, 0.3) is 39.3 Å².